The number of fused-ring (bicyclic) bond motifs is 2. The third kappa shape index (κ3) is 6.74. The van der Waals surface area contributed by atoms with Crippen LogP contribution < -0.4 is 14.7 Å². The summed E-state index contributed by atoms with van der Waals surface area (Å²) in [6, 6.07) is 31.5. The number of rotatable bonds is 14. The average Bonchev–Trinajstić information content (AvgIpc) is 3.82. The van der Waals surface area contributed by atoms with Crippen LogP contribution in [0.5, 0.6) is 0 Å². The zero-order valence-electron chi connectivity index (χ0n) is 30.5. The molecular formula is C41H43FN6O5Si. The molecule has 0 bridgehead atoms. The average molecular weight is 747 g/mol. The first kappa shape index (κ1) is 36.8. The molecule has 5 aromatic rings. The molecule has 1 N–H and O–H groups in total. The van der Waals surface area contributed by atoms with E-state index < -0.39 is 31.6 Å². The van der Waals surface area contributed by atoms with Gasteiger partial charge in [-0.3, -0.25) is 28.9 Å². The van der Waals surface area contributed by atoms with E-state index in [1.165, 1.54) is 4.90 Å². The van der Waals surface area contributed by atoms with Crippen LogP contribution in [0.2, 0.25) is 18.6 Å². The summed E-state index contributed by atoms with van der Waals surface area (Å²) in [6.07, 6.45) is 3.43. The van der Waals surface area contributed by atoms with Crippen molar-refractivity contribution in [1.29, 1.82) is 0 Å². The number of para-hydroxylation sites is 2. The third-order valence-electron chi connectivity index (χ3n) is 10.7. The van der Waals surface area contributed by atoms with Gasteiger partial charge in [0.2, 0.25) is 21.2 Å². The molecule has 4 atom stereocenters. The number of benzene rings is 4. The number of anilines is 5. The second-order valence-electron chi connectivity index (χ2n) is 14.4. The lowest BCUT2D eigenvalue weighted by Crippen LogP contribution is -2.45. The molecular weight excluding hydrogens is 704 g/mol. The normalized spacial score (nSPS) is 20.6. The number of hydrogen-bond acceptors (Lipinski definition) is 7. The Labute approximate surface area is 314 Å². The quantitative estimate of drug-likeness (QED) is 0.0753. The van der Waals surface area contributed by atoms with Gasteiger partial charge in [0.1, 0.15) is 0 Å². The molecule has 13 heteroatoms. The molecule has 11 nitrogen and oxygen atoms in total. The van der Waals surface area contributed by atoms with Crippen LogP contribution in [0.3, 0.4) is 0 Å². The Kier molecular flexibility index (Phi) is 10.3. The minimum Gasteiger partial charge on any atom is -0.396 e. The standard InChI is InChI=1S/C41H43FN6O5Si/c1-29-39(54(2,3)42)38(20-22-45-26-31(21-23-49)43-44-45)53-41(29)36-24-35(48(28-51)33-12-8-5-9-13-33)18-19-37(36)46(40(41)52)25-30-14-16-34(17-15-30)47(27-50)32-10-6-4-7-11-32/h4-19,24,26-29,38-39,49H,20-23,25H2,1-3H3/t29-,38+,39-,41+/m1/s1. The summed E-state index contributed by atoms with van der Waals surface area (Å²) in [6.45, 7) is 5.77. The predicted molar refractivity (Wildman–Crippen MR) is 207 cm³/mol. The number of aliphatic hydroxyl groups is 1. The summed E-state index contributed by atoms with van der Waals surface area (Å²) in [7, 11) is -3.45. The molecule has 7 rings (SSSR count). The first-order chi connectivity index (χ1) is 26.1. The van der Waals surface area contributed by atoms with Crippen molar-refractivity contribution in [2.24, 2.45) is 5.92 Å². The number of aliphatic hydroxyl groups excluding tert-OH is 1. The molecule has 3 heterocycles. The number of halogens is 1. The fourth-order valence-corrected chi connectivity index (χ4v) is 10.8. The van der Waals surface area contributed by atoms with E-state index in [1.807, 2.05) is 110 Å². The van der Waals surface area contributed by atoms with Crippen LogP contribution in [-0.4, -0.2) is 59.9 Å². The van der Waals surface area contributed by atoms with Crippen LogP contribution in [0.15, 0.2) is 109 Å². The predicted octanol–water partition coefficient (Wildman–Crippen LogP) is 6.81. The van der Waals surface area contributed by atoms with Crippen molar-refractivity contribution in [2.45, 2.75) is 63.2 Å². The van der Waals surface area contributed by atoms with Gasteiger partial charge in [-0.1, -0.05) is 60.7 Å². The number of aromatic nitrogens is 3. The molecule has 4 aromatic carbocycles. The van der Waals surface area contributed by atoms with E-state index >= 15 is 8.90 Å². The van der Waals surface area contributed by atoms with E-state index in [0.717, 1.165) is 24.1 Å². The number of ether oxygens (including phenoxy) is 1. The molecule has 0 saturated carbocycles. The highest BCUT2D eigenvalue weighted by atomic mass is 28.4. The smallest absolute Gasteiger partial charge is 0.264 e. The zero-order chi connectivity index (χ0) is 38.0. The van der Waals surface area contributed by atoms with Gasteiger partial charge in [-0.25, -0.2) is 0 Å². The number of amides is 3. The fourth-order valence-electron chi connectivity index (χ4n) is 8.21. The number of carbonyl (C=O) groups is 3. The lowest BCUT2D eigenvalue weighted by atomic mass is 9.82. The van der Waals surface area contributed by atoms with Crippen molar-refractivity contribution < 1.29 is 28.3 Å². The maximum atomic E-state index is 16.5. The zero-order valence-corrected chi connectivity index (χ0v) is 31.5. The van der Waals surface area contributed by atoms with Crippen LogP contribution in [0.4, 0.5) is 32.5 Å². The van der Waals surface area contributed by atoms with Crippen molar-refractivity contribution in [3.63, 3.8) is 0 Å². The minimum absolute atomic E-state index is 0.0466. The van der Waals surface area contributed by atoms with Crippen LogP contribution in [0.1, 0.15) is 30.2 Å². The summed E-state index contributed by atoms with van der Waals surface area (Å²) in [5, 5.41) is 17.7. The van der Waals surface area contributed by atoms with Gasteiger partial charge < -0.3 is 18.9 Å². The van der Waals surface area contributed by atoms with Gasteiger partial charge in [0.15, 0.2) is 5.60 Å². The van der Waals surface area contributed by atoms with E-state index in [9.17, 15) is 14.7 Å². The molecule has 0 aliphatic carbocycles. The molecule has 2 aliphatic heterocycles. The molecule has 2 aliphatic rings. The lowest BCUT2D eigenvalue weighted by Gasteiger charge is -2.31. The van der Waals surface area contributed by atoms with Gasteiger partial charge in [-0.2, -0.15) is 0 Å². The molecule has 0 radical (unpaired) electrons. The Morgan fingerprint density at radius 3 is 2.07 bits per heavy atom. The summed E-state index contributed by atoms with van der Waals surface area (Å²) in [5.74, 6) is -0.837. The molecule has 54 heavy (non-hydrogen) atoms. The second kappa shape index (κ2) is 15.1. The van der Waals surface area contributed by atoms with Gasteiger partial charge >= 0.3 is 0 Å². The summed E-state index contributed by atoms with van der Waals surface area (Å²) in [5.41, 5.74) is 3.24. The highest BCUT2D eigenvalue weighted by molar-refractivity contribution is 6.72. The summed E-state index contributed by atoms with van der Waals surface area (Å²) in [4.78, 5) is 44.5. The van der Waals surface area contributed by atoms with Crippen LogP contribution in [0.25, 0.3) is 0 Å². The monoisotopic (exact) mass is 746 g/mol. The van der Waals surface area contributed by atoms with Crippen molar-refractivity contribution in [3.8, 4) is 0 Å². The Morgan fingerprint density at radius 1 is 0.889 bits per heavy atom. The van der Waals surface area contributed by atoms with E-state index in [1.54, 1.807) is 33.8 Å². The van der Waals surface area contributed by atoms with Crippen molar-refractivity contribution in [2.75, 3.05) is 21.3 Å². The van der Waals surface area contributed by atoms with Crippen molar-refractivity contribution in [1.82, 2.24) is 15.0 Å². The number of carbonyl (C=O) groups excluding carboxylic acids is 3. The van der Waals surface area contributed by atoms with Crippen LogP contribution >= 0.6 is 0 Å². The Hall–Kier alpha value is -5.50. The first-order valence-corrected chi connectivity index (χ1v) is 21.1. The Morgan fingerprint density at radius 2 is 1.48 bits per heavy atom. The molecule has 3 amide bonds. The van der Waals surface area contributed by atoms with Crippen LogP contribution in [0, 0.1) is 5.92 Å². The van der Waals surface area contributed by atoms with Gasteiger partial charge in [-0.05, 0) is 79.7 Å². The Bertz CT molecular complexity index is 2110. The van der Waals surface area contributed by atoms with Gasteiger partial charge in [0.05, 0.1) is 24.0 Å². The van der Waals surface area contributed by atoms with Crippen molar-refractivity contribution in [3.05, 3.63) is 126 Å². The maximum absolute atomic E-state index is 16.5. The first-order valence-electron chi connectivity index (χ1n) is 18.1. The molecule has 0 unspecified atom stereocenters. The van der Waals surface area contributed by atoms with Gasteiger partial charge in [0.25, 0.3) is 5.91 Å². The summed E-state index contributed by atoms with van der Waals surface area (Å²) < 4.78 is 25.2. The van der Waals surface area contributed by atoms with E-state index in [0.29, 0.717) is 53.4 Å². The largest absolute Gasteiger partial charge is 0.396 e. The van der Waals surface area contributed by atoms with E-state index in [2.05, 4.69) is 10.3 Å². The second-order valence-corrected chi connectivity index (χ2v) is 18.2. The van der Waals surface area contributed by atoms with Gasteiger partial charge in [-0.15, -0.1) is 5.10 Å². The van der Waals surface area contributed by atoms with Gasteiger partial charge in [0, 0.05) is 65.5 Å². The molecule has 1 aromatic heterocycles. The lowest BCUT2D eigenvalue weighted by molar-refractivity contribution is -0.146. The number of nitrogens with zero attached hydrogens (tertiary/aromatic N) is 6. The number of hydrogen-bond donors (Lipinski definition) is 1. The third-order valence-corrected chi connectivity index (χ3v) is 13.1. The van der Waals surface area contributed by atoms with E-state index in [4.69, 9.17) is 4.74 Å². The molecule has 1 saturated heterocycles. The van der Waals surface area contributed by atoms with Crippen LogP contribution in [-0.2, 0) is 44.2 Å². The SMILES string of the molecule is C[C@@H]1[C@@H]([Si](C)(C)F)[C@H](CCn2cc(CCO)nn2)O[C@@]12C(=O)N(Cc1ccc(N(C=O)c3ccccc3)cc1)c1ccc(N(C=O)c3ccccc3)cc12. The van der Waals surface area contributed by atoms with Crippen molar-refractivity contribution >= 4 is 55.6 Å². The molecule has 1 fully saturated rings. The number of aryl methyl sites for hydroxylation is 1. The molecule has 1 spiro atoms. The maximum Gasteiger partial charge on any atom is 0.264 e. The summed E-state index contributed by atoms with van der Waals surface area (Å²) >= 11 is 0. The Balaban J connectivity index is 1.27. The highest BCUT2D eigenvalue weighted by Crippen LogP contribution is 2.61. The minimum atomic E-state index is -3.45. The molecule has 278 valence electrons. The highest BCUT2D eigenvalue weighted by Gasteiger charge is 2.66. The fraction of sp³-hybridized carbons (Fsp3) is 0.293. The van der Waals surface area contributed by atoms with E-state index in [-0.39, 0.29) is 19.1 Å². The topological polar surface area (TPSA) is 121 Å².